The SMILES string of the molecule is O=C(O)c1ccc(Cl)c(-c2ccnn2-c2ccccc2)c1. The lowest BCUT2D eigenvalue weighted by Crippen LogP contribution is -2.01. The predicted octanol–water partition coefficient (Wildman–Crippen LogP) is 3.89. The van der Waals surface area contributed by atoms with Crippen LogP contribution in [0.5, 0.6) is 0 Å². The molecule has 1 N–H and O–H groups in total. The molecule has 0 fully saturated rings. The predicted molar refractivity (Wildman–Crippen MR) is 81.0 cm³/mol. The summed E-state index contributed by atoms with van der Waals surface area (Å²) >= 11 is 6.22. The van der Waals surface area contributed by atoms with Crippen molar-refractivity contribution in [3.63, 3.8) is 0 Å². The molecule has 0 spiro atoms. The number of nitrogens with zero attached hydrogens (tertiary/aromatic N) is 2. The Morgan fingerprint density at radius 2 is 1.86 bits per heavy atom. The zero-order chi connectivity index (χ0) is 14.8. The Labute approximate surface area is 126 Å². The van der Waals surface area contributed by atoms with Crippen molar-refractivity contribution in [3.8, 4) is 16.9 Å². The molecule has 3 aromatic rings. The number of aromatic carboxylic acids is 1. The number of para-hydroxylation sites is 1. The molecule has 0 saturated heterocycles. The lowest BCUT2D eigenvalue weighted by molar-refractivity contribution is 0.0697. The van der Waals surface area contributed by atoms with E-state index in [1.807, 2.05) is 30.3 Å². The number of halogens is 1. The second-order valence-corrected chi connectivity index (χ2v) is 4.87. The fraction of sp³-hybridized carbons (Fsp3) is 0. The molecule has 1 aromatic heterocycles. The molecule has 3 rings (SSSR count). The Morgan fingerprint density at radius 3 is 2.57 bits per heavy atom. The second kappa shape index (κ2) is 5.42. The third kappa shape index (κ3) is 2.53. The van der Waals surface area contributed by atoms with Gasteiger partial charge >= 0.3 is 5.97 Å². The van der Waals surface area contributed by atoms with Crippen LogP contribution in [0.1, 0.15) is 10.4 Å². The topological polar surface area (TPSA) is 55.1 Å². The molecule has 1 heterocycles. The van der Waals surface area contributed by atoms with Gasteiger partial charge in [0.05, 0.1) is 28.2 Å². The molecule has 0 aliphatic carbocycles. The van der Waals surface area contributed by atoms with E-state index in [9.17, 15) is 4.79 Å². The number of carboxylic acids is 1. The molecule has 0 atom stereocenters. The Morgan fingerprint density at radius 1 is 1.10 bits per heavy atom. The van der Waals surface area contributed by atoms with Gasteiger partial charge in [-0.3, -0.25) is 0 Å². The van der Waals surface area contributed by atoms with Gasteiger partial charge in [0, 0.05) is 5.56 Å². The van der Waals surface area contributed by atoms with E-state index >= 15 is 0 Å². The first-order valence-electron chi connectivity index (χ1n) is 6.29. The Bertz CT molecular complexity index is 797. The van der Waals surface area contributed by atoms with E-state index in [-0.39, 0.29) is 5.56 Å². The molecule has 0 bridgehead atoms. The summed E-state index contributed by atoms with van der Waals surface area (Å²) < 4.78 is 1.73. The van der Waals surface area contributed by atoms with Gasteiger partial charge in [-0.05, 0) is 36.4 Å². The standard InChI is InChI=1S/C16H11ClN2O2/c17-14-7-6-11(16(20)21)10-13(14)15-8-9-18-19(15)12-4-2-1-3-5-12/h1-10H,(H,20,21). The quantitative estimate of drug-likeness (QED) is 0.798. The summed E-state index contributed by atoms with van der Waals surface area (Å²) in [5, 5.41) is 13.9. The molecule has 21 heavy (non-hydrogen) atoms. The van der Waals surface area contributed by atoms with Crippen molar-refractivity contribution in [2.75, 3.05) is 0 Å². The van der Waals surface area contributed by atoms with Crippen LogP contribution in [0, 0.1) is 0 Å². The fourth-order valence-corrected chi connectivity index (χ4v) is 2.35. The van der Waals surface area contributed by atoms with Gasteiger partial charge in [-0.2, -0.15) is 5.10 Å². The number of carboxylic acid groups (broad SMARTS) is 1. The highest BCUT2D eigenvalue weighted by Gasteiger charge is 2.13. The smallest absolute Gasteiger partial charge is 0.335 e. The summed E-state index contributed by atoms with van der Waals surface area (Å²) in [6.07, 6.45) is 1.66. The number of carbonyl (C=O) groups is 1. The first kappa shape index (κ1) is 13.4. The molecule has 2 aromatic carbocycles. The maximum absolute atomic E-state index is 11.1. The molecule has 0 amide bonds. The summed E-state index contributed by atoms with van der Waals surface area (Å²) in [6.45, 7) is 0. The molecule has 104 valence electrons. The number of rotatable bonds is 3. The molecule has 4 nitrogen and oxygen atoms in total. The summed E-state index contributed by atoms with van der Waals surface area (Å²) in [4.78, 5) is 11.1. The normalized spacial score (nSPS) is 10.5. The van der Waals surface area contributed by atoms with Gasteiger partial charge in [0.15, 0.2) is 0 Å². The lowest BCUT2D eigenvalue weighted by Gasteiger charge is -2.09. The Balaban J connectivity index is 2.17. The Hall–Kier alpha value is -2.59. The van der Waals surface area contributed by atoms with Crippen LogP contribution in [0.3, 0.4) is 0 Å². The molecular formula is C16H11ClN2O2. The maximum atomic E-state index is 11.1. The average molecular weight is 299 g/mol. The minimum absolute atomic E-state index is 0.190. The summed E-state index contributed by atoms with van der Waals surface area (Å²) in [5.74, 6) is -0.987. The van der Waals surface area contributed by atoms with E-state index in [1.165, 1.54) is 6.07 Å². The molecule has 0 aliphatic rings. The average Bonchev–Trinajstić information content (AvgIpc) is 2.97. The van der Waals surface area contributed by atoms with E-state index < -0.39 is 5.97 Å². The molecular weight excluding hydrogens is 288 g/mol. The van der Waals surface area contributed by atoms with Gasteiger partial charge in [0.2, 0.25) is 0 Å². The molecule has 0 unspecified atom stereocenters. The first-order valence-corrected chi connectivity index (χ1v) is 6.67. The number of aromatic nitrogens is 2. The van der Waals surface area contributed by atoms with E-state index in [0.717, 1.165) is 11.4 Å². The van der Waals surface area contributed by atoms with Gasteiger partial charge in [-0.25, -0.2) is 9.48 Å². The second-order valence-electron chi connectivity index (χ2n) is 4.46. The maximum Gasteiger partial charge on any atom is 0.335 e. The molecule has 5 heteroatoms. The first-order chi connectivity index (χ1) is 10.2. The van der Waals surface area contributed by atoms with Crippen molar-refractivity contribution in [2.45, 2.75) is 0 Å². The van der Waals surface area contributed by atoms with Crippen LogP contribution in [0.25, 0.3) is 16.9 Å². The van der Waals surface area contributed by atoms with Crippen LogP contribution in [-0.4, -0.2) is 20.9 Å². The zero-order valence-corrected chi connectivity index (χ0v) is 11.7. The van der Waals surface area contributed by atoms with Crippen molar-refractivity contribution < 1.29 is 9.90 Å². The van der Waals surface area contributed by atoms with E-state index in [4.69, 9.17) is 16.7 Å². The fourth-order valence-electron chi connectivity index (χ4n) is 2.14. The van der Waals surface area contributed by atoms with Gasteiger partial charge in [-0.1, -0.05) is 29.8 Å². The zero-order valence-electron chi connectivity index (χ0n) is 10.9. The van der Waals surface area contributed by atoms with Crippen LogP contribution in [0.15, 0.2) is 60.8 Å². The van der Waals surface area contributed by atoms with Crippen molar-refractivity contribution in [2.24, 2.45) is 0 Å². The van der Waals surface area contributed by atoms with Crippen molar-refractivity contribution in [3.05, 3.63) is 71.4 Å². The number of hydrogen-bond donors (Lipinski definition) is 1. The van der Waals surface area contributed by atoms with E-state index in [1.54, 1.807) is 29.1 Å². The van der Waals surface area contributed by atoms with Crippen LogP contribution in [0.2, 0.25) is 5.02 Å². The van der Waals surface area contributed by atoms with Crippen molar-refractivity contribution >= 4 is 17.6 Å². The van der Waals surface area contributed by atoms with E-state index in [0.29, 0.717) is 10.6 Å². The number of benzene rings is 2. The molecule has 0 saturated carbocycles. The highest BCUT2D eigenvalue weighted by molar-refractivity contribution is 6.33. The number of hydrogen-bond acceptors (Lipinski definition) is 2. The van der Waals surface area contributed by atoms with E-state index in [2.05, 4.69) is 5.10 Å². The van der Waals surface area contributed by atoms with Crippen molar-refractivity contribution in [1.82, 2.24) is 9.78 Å². The monoisotopic (exact) mass is 298 g/mol. The van der Waals surface area contributed by atoms with Crippen LogP contribution >= 0.6 is 11.6 Å². The van der Waals surface area contributed by atoms with Crippen LogP contribution in [-0.2, 0) is 0 Å². The van der Waals surface area contributed by atoms with Crippen molar-refractivity contribution in [1.29, 1.82) is 0 Å². The van der Waals surface area contributed by atoms with Gasteiger partial charge < -0.3 is 5.11 Å². The molecule has 0 radical (unpaired) electrons. The highest BCUT2D eigenvalue weighted by Crippen LogP contribution is 2.30. The highest BCUT2D eigenvalue weighted by atomic mass is 35.5. The third-order valence-corrected chi connectivity index (χ3v) is 3.46. The Kier molecular flexibility index (Phi) is 3.46. The minimum atomic E-state index is -0.987. The minimum Gasteiger partial charge on any atom is -0.478 e. The molecule has 0 aliphatic heterocycles. The van der Waals surface area contributed by atoms with Gasteiger partial charge in [0.1, 0.15) is 0 Å². The summed E-state index contributed by atoms with van der Waals surface area (Å²) in [7, 11) is 0. The summed E-state index contributed by atoms with van der Waals surface area (Å²) in [5.41, 5.74) is 2.46. The lowest BCUT2D eigenvalue weighted by atomic mass is 10.1. The van der Waals surface area contributed by atoms with Crippen LogP contribution < -0.4 is 0 Å². The van der Waals surface area contributed by atoms with Crippen LogP contribution in [0.4, 0.5) is 0 Å². The summed E-state index contributed by atoms with van der Waals surface area (Å²) in [6, 6.07) is 16.0. The third-order valence-electron chi connectivity index (χ3n) is 3.13. The van der Waals surface area contributed by atoms with Gasteiger partial charge in [0.25, 0.3) is 0 Å². The van der Waals surface area contributed by atoms with Gasteiger partial charge in [-0.15, -0.1) is 0 Å². The largest absolute Gasteiger partial charge is 0.478 e.